The van der Waals surface area contributed by atoms with Crippen LogP contribution in [0.15, 0.2) is 30.3 Å². The first kappa shape index (κ1) is 14.1. The molecular formula is C16H14O6. The lowest BCUT2D eigenvalue weighted by Gasteiger charge is -2.26. The first-order valence-electron chi connectivity index (χ1n) is 6.62. The molecule has 0 aliphatic carbocycles. The first-order valence-corrected chi connectivity index (χ1v) is 6.62. The first-order chi connectivity index (χ1) is 10.5. The van der Waals surface area contributed by atoms with Crippen LogP contribution in [0.1, 0.15) is 27.6 Å². The molecule has 0 saturated carbocycles. The minimum Gasteiger partial charge on any atom is -0.508 e. The summed E-state index contributed by atoms with van der Waals surface area (Å²) in [5, 5.41) is 29.0. The minimum atomic E-state index is -0.657. The van der Waals surface area contributed by atoms with Crippen molar-refractivity contribution in [3.63, 3.8) is 0 Å². The third-order valence-corrected chi connectivity index (χ3v) is 3.62. The number of esters is 1. The number of methoxy groups -OCH3 is 1. The van der Waals surface area contributed by atoms with E-state index in [4.69, 9.17) is 9.47 Å². The third kappa shape index (κ3) is 2.28. The fourth-order valence-corrected chi connectivity index (χ4v) is 2.58. The van der Waals surface area contributed by atoms with Crippen LogP contribution in [0, 0.1) is 0 Å². The number of fused-ring (bicyclic) bond motifs is 1. The highest BCUT2D eigenvalue weighted by atomic mass is 16.5. The van der Waals surface area contributed by atoms with Crippen LogP contribution in [-0.2, 0) is 11.2 Å². The number of rotatable bonds is 2. The van der Waals surface area contributed by atoms with Gasteiger partial charge in [-0.25, -0.2) is 4.79 Å². The van der Waals surface area contributed by atoms with Gasteiger partial charge in [-0.1, -0.05) is 6.07 Å². The number of hydrogen-bond acceptors (Lipinski definition) is 6. The monoisotopic (exact) mass is 302 g/mol. The van der Waals surface area contributed by atoms with Gasteiger partial charge in [0.15, 0.2) is 11.5 Å². The number of carbonyl (C=O) groups excluding carboxylic acids is 1. The van der Waals surface area contributed by atoms with Gasteiger partial charge in [-0.3, -0.25) is 0 Å². The normalized spacial score (nSPS) is 16.8. The van der Waals surface area contributed by atoms with Crippen molar-refractivity contribution in [2.75, 3.05) is 7.11 Å². The van der Waals surface area contributed by atoms with Crippen molar-refractivity contribution < 1.29 is 29.6 Å². The van der Waals surface area contributed by atoms with Crippen molar-refractivity contribution in [3.05, 3.63) is 47.0 Å². The van der Waals surface area contributed by atoms with Crippen molar-refractivity contribution in [2.45, 2.75) is 12.5 Å². The quantitative estimate of drug-likeness (QED) is 0.736. The van der Waals surface area contributed by atoms with Crippen LogP contribution in [0.2, 0.25) is 0 Å². The number of aromatic hydroxyl groups is 3. The molecule has 1 aliphatic heterocycles. The number of ether oxygens (including phenoxy) is 2. The summed E-state index contributed by atoms with van der Waals surface area (Å²) in [5.41, 5.74) is 1.22. The molecule has 1 heterocycles. The molecule has 3 N–H and O–H groups in total. The Morgan fingerprint density at radius 1 is 1.14 bits per heavy atom. The Labute approximate surface area is 126 Å². The maximum atomic E-state index is 12.1. The zero-order valence-electron chi connectivity index (χ0n) is 11.7. The number of phenols is 3. The molecule has 0 radical (unpaired) electrons. The highest BCUT2D eigenvalue weighted by Gasteiger charge is 2.31. The van der Waals surface area contributed by atoms with Crippen LogP contribution < -0.4 is 4.74 Å². The van der Waals surface area contributed by atoms with Gasteiger partial charge < -0.3 is 24.8 Å². The van der Waals surface area contributed by atoms with Gasteiger partial charge in [0, 0.05) is 12.5 Å². The van der Waals surface area contributed by atoms with E-state index in [1.165, 1.54) is 19.2 Å². The van der Waals surface area contributed by atoms with Crippen LogP contribution in [0.3, 0.4) is 0 Å². The van der Waals surface area contributed by atoms with E-state index in [1.807, 2.05) is 0 Å². The molecule has 6 heteroatoms. The predicted octanol–water partition coefficient (Wildman–Crippen LogP) is 2.27. The fraction of sp³-hybridized carbons (Fsp3) is 0.188. The van der Waals surface area contributed by atoms with Gasteiger partial charge in [-0.15, -0.1) is 0 Å². The summed E-state index contributed by atoms with van der Waals surface area (Å²) < 4.78 is 10.4. The molecule has 0 amide bonds. The summed E-state index contributed by atoms with van der Waals surface area (Å²) in [4.78, 5) is 12.1. The molecule has 0 bridgehead atoms. The van der Waals surface area contributed by atoms with Gasteiger partial charge in [0.25, 0.3) is 0 Å². The van der Waals surface area contributed by atoms with E-state index in [-0.39, 0.29) is 28.6 Å². The number of phenolic OH excluding ortho intramolecular Hbond substituents is 3. The molecule has 114 valence electrons. The molecule has 3 rings (SSSR count). The van der Waals surface area contributed by atoms with Crippen molar-refractivity contribution in [1.82, 2.24) is 0 Å². The molecular weight excluding hydrogens is 288 g/mol. The molecule has 0 saturated heterocycles. The molecule has 22 heavy (non-hydrogen) atoms. The second kappa shape index (κ2) is 5.14. The second-order valence-electron chi connectivity index (χ2n) is 5.03. The SMILES string of the molecule is COc1cc([C@H]2Cc3cc(O)cc(O)c3C(=O)O2)ccc1O. The number of benzene rings is 2. The lowest BCUT2D eigenvalue weighted by atomic mass is 9.93. The Kier molecular flexibility index (Phi) is 3.29. The highest BCUT2D eigenvalue weighted by molar-refractivity contribution is 5.95. The zero-order chi connectivity index (χ0) is 15.9. The summed E-state index contributed by atoms with van der Waals surface area (Å²) in [6.07, 6.45) is -0.285. The molecule has 0 spiro atoms. The summed E-state index contributed by atoms with van der Waals surface area (Å²) >= 11 is 0. The largest absolute Gasteiger partial charge is 0.508 e. The van der Waals surface area contributed by atoms with Crippen LogP contribution in [0.25, 0.3) is 0 Å². The minimum absolute atomic E-state index is 0.0101. The van der Waals surface area contributed by atoms with Crippen LogP contribution in [0.4, 0.5) is 0 Å². The van der Waals surface area contributed by atoms with Crippen molar-refractivity contribution in [3.8, 4) is 23.0 Å². The topological polar surface area (TPSA) is 96.2 Å². The smallest absolute Gasteiger partial charge is 0.342 e. The van der Waals surface area contributed by atoms with E-state index in [1.54, 1.807) is 12.1 Å². The highest BCUT2D eigenvalue weighted by Crippen LogP contribution is 2.38. The molecule has 0 fully saturated rings. The Hall–Kier alpha value is -2.89. The van der Waals surface area contributed by atoms with Crippen LogP contribution in [0.5, 0.6) is 23.0 Å². The summed E-state index contributed by atoms with van der Waals surface area (Å²) in [6.45, 7) is 0. The van der Waals surface area contributed by atoms with Crippen molar-refractivity contribution in [2.24, 2.45) is 0 Å². The fourth-order valence-electron chi connectivity index (χ4n) is 2.58. The number of hydrogen-bond donors (Lipinski definition) is 3. The van der Waals surface area contributed by atoms with E-state index >= 15 is 0 Å². The number of cyclic esters (lactones) is 1. The van der Waals surface area contributed by atoms with Gasteiger partial charge in [-0.2, -0.15) is 0 Å². The molecule has 0 unspecified atom stereocenters. The van der Waals surface area contributed by atoms with Gasteiger partial charge in [0.2, 0.25) is 0 Å². The zero-order valence-corrected chi connectivity index (χ0v) is 11.7. The summed E-state index contributed by atoms with van der Waals surface area (Å²) in [6, 6.07) is 7.20. The van der Waals surface area contributed by atoms with E-state index in [9.17, 15) is 20.1 Å². The van der Waals surface area contributed by atoms with E-state index < -0.39 is 12.1 Å². The summed E-state index contributed by atoms with van der Waals surface area (Å²) in [7, 11) is 1.43. The molecule has 0 aromatic heterocycles. The Morgan fingerprint density at radius 2 is 1.91 bits per heavy atom. The molecule has 2 aromatic rings. The van der Waals surface area contributed by atoms with Gasteiger partial charge >= 0.3 is 5.97 Å². The molecule has 6 nitrogen and oxygen atoms in total. The lowest BCUT2D eigenvalue weighted by molar-refractivity contribution is 0.0248. The standard InChI is InChI=1S/C16H14O6/c1-21-14-5-8(2-3-11(14)18)13-6-9-4-10(17)7-12(19)15(9)16(20)22-13/h2-5,7,13,17-19H,6H2,1H3/t13-/m1/s1. The predicted molar refractivity (Wildman–Crippen MR) is 76.3 cm³/mol. The van der Waals surface area contributed by atoms with Crippen molar-refractivity contribution >= 4 is 5.97 Å². The van der Waals surface area contributed by atoms with Gasteiger partial charge in [-0.05, 0) is 29.3 Å². The molecule has 1 atom stereocenters. The third-order valence-electron chi connectivity index (χ3n) is 3.62. The maximum Gasteiger partial charge on any atom is 0.342 e. The van der Waals surface area contributed by atoms with E-state index in [0.29, 0.717) is 17.5 Å². The maximum absolute atomic E-state index is 12.1. The second-order valence-corrected chi connectivity index (χ2v) is 5.03. The lowest BCUT2D eigenvalue weighted by Crippen LogP contribution is -2.22. The Bertz CT molecular complexity index is 753. The average molecular weight is 302 g/mol. The van der Waals surface area contributed by atoms with Crippen LogP contribution >= 0.6 is 0 Å². The molecule has 2 aromatic carbocycles. The van der Waals surface area contributed by atoms with Gasteiger partial charge in [0.1, 0.15) is 23.2 Å². The molecule has 1 aliphatic rings. The summed E-state index contributed by atoms with van der Waals surface area (Å²) in [5.74, 6) is -0.812. The van der Waals surface area contributed by atoms with E-state index in [2.05, 4.69) is 0 Å². The number of carbonyl (C=O) groups is 1. The Balaban J connectivity index is 2.00. The Morgan fingerprint density at radius 3 is 2.64 bits per heavy atom. The van der Waals surface area contributed by atoms with E-state index in [0.717, 1.165) is 6.07 Å². The van der Waals surface area contributed by atoms with Crippen LogP contribution in [-0.4, -0.2) is 28.4 Å². The van der Waals surface area contributed by atoms with Crippen molar-refractivity contribution in [1.29, 1.82) is 0 Å². The average Bonchev–Trinajstić information content (AvgIpc) is 2.46. The van der Waals surface area contributed by atoms with Gasteiger partial charge in [0.05, 0.1) is 7.11 Å².